The Morgan fingerprint density at radius 1 is 0.680 bits per heavy atom. The Kier molecular flexibility index (Phi) is 4.63. The molecule has 0 spiro atoms. The summed E-state index contributed by atoms with van der Waals surface area (Å²) in [5.74, 6) is 3.82. The fourth-order valence-electron chi connectivity index (χ4n) is 3.56. The Morgan fingerprint density at radius 3 is 1.80 bits per heavy atom. The molecule has 0 amide bonds. The van der Waals surface area contributed by atoms with Crippen LogP contribution in [0.1, 0.15) is 25.1 Å². The van der Waals surface area contributed by atoms with Crippen LogP contribution >= 0.6 is 0 Å². The molecule has 2 saturated heterocycles. The van der Waals surface area contributed by atoms with Gasteiger partial charge in [0.15, 0.2) is 11.6 Å². The van der Waals surface area contributed by atoms with Gasteiger partial charge in [-0.05, 0) is 44.4 Å². The zero-order chi connectivity index (χ0) is 17.1. The molecule has 0 bridgehead atoms. The van der Waals surface area contributed by atoms with Crippen molar-refractivity contribution in [3.8, 4) is 0 Å². The molecule has 7 heteroatoms. The first-order chi connectivity index (χ1) is 12.3. The third-order valence-electron chi connectivity index (χ3n) is 5.01. The first-order valence-corrected chi connectivity index (χ1v) is 9.18. The van der Waals surface area contributed by atoms with E-state index in [0.29, 0.717) is 0 Å². The van der Waals surface area contributed by atoms with E-state index in [-0.39, 0.29) is 0 Å². The molecular formula is C18H25N7. The number of aromatic nitrogens is 4. The van der Waals surface area contributed by atoms with Crippen molar-refractivity contribution in [2.24, 2.45) is 0 Å². The molecule has 2 aliphatic heterocycles. The summed E-state index contributed by atoms with van der Waals surface area (Å²) in [4.78, 5) is 15.6. The van der Waals surface area contributed by atoms with Crippen molar-refractivity contribution >= 4 is 17.5 Å². The van der Waals surface area contributed by atoms with Crippen LogP contribution in [0.25, 0.3) is 0 Å². The fourth-order valence-corrected chi connectivity index (χ4v) is 3.56. The third-order valence-corrected chi connectivity index (χ3v) is 5.01. The molecule has 2 aromatic rings. The van der Waals surface area contributed by atoms with E-state index < -0.39 is 0 Å². The van der Waals surface area contributed by atoms with Crippen LogP contribution in [0.15, 0.2) is 24.4 Å². The van der Waals surface area contributed by atoms with Crippen LogP contribution in [0.3, 0.4) is 0 Å². The molecular weight excluding hydrogens is 314 g/mol. The minimum Gasteiger partial charge on any atom is -0.355 e. The molecule has 0 atom stereocenters. The Bertz CT molecular complexity index is 689. The van der Waals surface area contributed by atoms with Crippen molar-refractivity contribution in [2.75, 3.05) is 54.0 Å². The average Bonchev–Trinajstić information content (AvgIpc) is 2.69. The molecule has 0 aromatic carbocycles. The topological polar surface area (TPSA) is 61.3 Å². The summed E-state index contributed by atoms with van der Waals surface area (Å²) in [6.07, 6.45) is 5.68. The predicted octanol–water partition coefficient (Wildman–Crippen LogP) is 1.89. The molecule has 0 N–H and O–H groups in total. The highest BCUT2D eigenvalue weighted by atomic mass is 15.3. The van der Waals surface area contributed by atoms with E-state index in [9.17, 15) is 0 Å². The summed E-state index contributed by atoms with van der Waals surface area (Å²) in [5.41, 5.74) is 0. The molecule has 132 valence electrons. The quantitative estimate of drug-likeness (QED) is 0.846. The van der Waals surface area contributed by atoms with Crippen LogP contribution in [0.2, 0.25) is 0 Å². The lowest BCUT2D eigenvalue weighted by atomic mass is 10.1. The van der Waals surface area contributed by atoms with Gasteiger partial charge in [0.05, 0.1) is 0 Å². The van der Waals surface area contributed by atoms with Crippen molar-refractivity contribution in [1.29, 1.82) is 0 Å². The van der Waals surface area contributed by atoms with Crippen molar-refractivity contribution in [3.63, 3.8) is 0 Å². The van der Waals surface area contributed by atoms with Crippen LogP contribution in [0, 0.1) is 6.92 Å². The molecule has 7 nitrogen and oxygen atoms in total. The minimum absolute atomic E-state index is 0.819. The third kappa shape index (κ3) is 3.65. The Morgan fingerprint density at radius 2 is 1.24 bits per heavy atom. The SMILES string of the molecule is Cc1nccc(N2CCN(c3ccc(N4CCCCC4)nn3)CC2)n1. The number of piperidine rings is 1. The summed E-state index contributed by atoms with van der Waals surface area (Å²) in [5, 5.41) is 8.95. The normalized spacial score (nSPS) is 18.5. The molecule has 2 aliphatic rings. The highest BCUT2D eigenvalue weighted by molar-refractivity contribution is 5.47. The van der Waals surface area contributed by atoms with Gasteiger partial charge in [-0.1, -0.05) is 0 Å². The molecule has 2 aromatic heterocycles. The second kappa shape index (κ2) is 7.21. The van der Waals surface area contributed by atoms with E-state index in [2.05, 4.69) is 47.0 Å². The van der Waals surface area contributed by atoms with Crippen LogP contribution < -0.4 is 14.7 Å². The first kappa shape index (κ1) is 16.1. The van der Waals surface area contributed by atoms with E-state index >= 15 is 0 Å². The van der Waals surface area contributed by atoms with Gasteiger partial charge in [-0.2, -0.15) is 0 Å². The smallest absolute Gasteiger partial charge is 0.151 e. The summed E-state index contributed by atoms with van der Waals surface area (Å²) < 4.78 is 0. The van der Waals surface area contributed by atoms with Crippen molar-refractivity contribution in [2.45, 2.75) is 26.2 Å². The molecule has 0 radical (unpaired) electrons. The van der Waals surface area contributed by atoms with Crippen LogP contribution in [0.4, 0.5) is 17.5 Å². The van der Waals surface area contributed by atoms with Gasteiger partial charge in [0, 0.05) is 45.5 Å². The first-order valence-electron chi connectivity index (χ1n) is 9.18. The monoisotopic (exact) mass is 339 g/mol. The van der Waals surface area contributed by atoms with Gasteiger partial charge < -0.3 is 14.7 Å². The van der Waals surface area contributed by atoms with Gasteiger partial charge in [0.2, 0.25) is 0 Å². The fraction of sp³-hybridized carbons (Fsp3) is 0.556. The van der Waals surface area contributed by atoms with Crippen molar-refractivity contribution in [1.82, 2.24) is 20.2 Å². The number of anilines is 3. The summed E-state index contributed by atoms with van der Waals surface area (Å²) in [6, 6.07) is 6.21. The lowest BCUT2D eigenvalue weighted by Gasteiger charge is -2.36. The number of aryl methyl sites for hydroxylation is 1. The maximum Gasteiger partial charge on any atom is 0.151 e. The van der Waals surface area contributed by atoms with Gasteiger partial charge in [-0.15, -0.1) is 10.2 Å². The highest BCUT2D eigenvalue weighted by Crippen LogP contribution is 2.21. The van der Waals surface area contributed by atoms with E-state index in [1.54, 1.807) is 0 Å². The van der Waals surface area contributed by atoms with Gasteiger partial charge in [0.1, 0.15) is 11.6 Å². The molecule has 0 aliphatic carbocycles. The van der Waals surface area contributed by atoms with Gasteiger partial charge in [-0.25, -0.2) is 9.97 Å². The highest BCUT2D eigenvalue weighted by Gasteiger charge is 2.20. The summed E-state index contributed by atoms with van der Waals surface area (Å²) in [6.45, 7) is 7.87. The predicted molar refractivity (Wildman–Crippen MR) is 99.3 cm³/mol. The van der Waals surface area contributed by atoms with Crippen molar-refractivity contribution < 1.29 is 0 Å². The standard InChI is InChI=1S/C18H25N7/c1-15-19-8-7-16(20-15)24-11-13-25(14-12-24)18-6-5-17(21-22-18)23-9-3-2-4-10-23/h5-8H,2-4,9-14H2,1H3. The molecule has 2 fully saturated rings. The van der Waals surface area contributed by atoms with E-state index in [1.807, 2.05) is 19.2 Å². The molecule has 0 unspecified atom stereocenters. The average molecular weight is 339 g/mol. The second-order valence-corrected chi connectivity index (χ2v) is 6.73. The second-order valence-electron chi connectivity index (χ2n) is 6.73. The van der Waals surface area contributed by atoms with E-state index in [1.165, 1.54) is 19.3 Å². The number of piperazine rings is 1. The maximum absolute atomic E-state index is 4.52. The van der Waals surface area contributed by atoms with Crippen LogP contribution in [0.5, 0.6) is 0 Å². The van der Waals surface area contributed by atoms with Crippen molar-refractivity contribution in [3.05, 3.63) is 30.2 Å². The van der Waals surface area contributed by atoms with Crippen LogP contribution in [-0.2, 0) is 0 Å². The molecule has 0 saturated carbocycles. The summed E-state index contributed by atoms with van der Waals surface area (Å²) >= 11 is 0. The minimum atomic E-state index is 0.819. The number of hydrogen-bond acceptors (Lipinski definition) is 7. The lowest BCUT2D eigenvalue weighted by molar-refractivity contribution is 0.570. The number of rotatable bonds is 3. The lowest BCUT2D eigenvalue weighted by Crippen LogP contribution is -2.47. The molecule has 4 heterocycles. The number of nitrogens with zero attached hydrogens (tertiary/aromatic N) is 7. The zero-order valence-corrected chi connectivity index (χ0v) is 14.8. The Balaban J connectivity index is 1.37. The molecule has 4 rings (SSSR count). The maximum atomic E-state index is 4.52. The number of hydrogen-bond donors (Lipinski definition) is 0. The largest absolute Gasteiger partial charge is 0.355 e. The van der Waals surface area contributed by atoms with Gasteiger partial charge >= 0.3 is 0 Å². The van der Waals surface area contributed by atoms with Gasteiger partial charge in [-0.3, -0.25) is 0 Å². The zero-order valence-electron chi connectivity index (χ0n) is 14.8. The molecule has 25 heavy (non-hydrogen) atoms. The van der Waals surface area contributed by atoms with E-state index in [4.69, 9.17) is 0 Å². The van der Waals surface area contributed by atoms with E-state index in [0.717, 1.165) is 62.5 Å². The Labute approximate surface area is 148 Å². The summed E-state index contributed by atoms with van der Waals surface area (Å²) in [7, 11) is 0. The Hall–Kier alpha value is -2.44. The van der Waals surface area contributed by atoms with Gasteiger partial charge in [0.25, 0.3) is 0 Å². The van der Waals surface area contributed by atoms with Crippen LogP contribution in [-0.4, -0.2) is 59.4 Å².